The number of hydrogen-bond acceptors (Lipinski definition) is 4. The lowest BCUT2D eigenvalue weighted by Crippen LogP contribution is -2.24. The molecule has 0 radical (unpaired) electrons. The maximum atomic E-state index is 5.43. The second-order valence-electron chi connectivity index (χ2n) is 5.31. The second kappa shape index (κ2) is 6.18. The molecule has 0 spiro atoms. The predicted molar refractivity (Wildman–Crippen MR) is 81.9 cm³/mol. The molecule has 21 heavy (non-hydrogen) atoms. The molecule has 0 aliphatic carbocycles. The van der Waals surface area contributed by atoms with Gasteiger partial charge in [0.05, 0.1) is 26.1 Å². The van der Waals surface area contributed by atoms with Gasteiger partial charge in [0.1, 0.15) is 17.3 Å². The second-order valence-corrected chi connectivity index (χ2v) is 5.31. The summed E-state index contributed by atoms with van der Waals surface area (Å²) in [5.41, 5.74) is 1.92. The van der Waals surface area contributed by atoms with E-state index in [-0.39, 0.29) is 0 Å². The van der Waals surface area contributed by atoms with Crippen molar-refractivity contribution in [2.24, 2.45) is 0 Å². The maximum absolute atomic E-state index is 5.43. The molecule has 2 heterocycles. The maximum Gasteiger partial charge on any atom is 0.128 e. The van der Waals surface area contributed by atoms with E-state index < -0.39 is 0 Å². The molecule has 112 valence electrons. The summed E-state index contributed by atoms with van der Waals surface area (Å²) in [5, 5.41) is 3.49. The molecule has 5 nitrogen and oxygen atoms in total. The number of aromatic amines is 1. The molecule has 1 atom stereocenters. The number of ether oxygens (including phenoxy) is 2. The highest BCUT2D eigenvalue weighted by Gasteiger charge is 2.17. The highest BCUT2D eigenvalue weighted by Crippen LogP contribution is 2.32. The lowest BCUT2D eigenvalue weighted by atomic mass is 10.1. The van der Waals surface area contributed by atoms with Crippen molar-refractivity contribution in [3.8, 4) is 22.8 Å². The highest BCUT2D eigenvalue weighted by molar-refractivity contribution is 5.68. The van der Waals surface area contributed by atoms with Crippen molar-refractivity contribution in [1.82, 2.24) is 15.3 Å². The summed E-state index contributed by atoms with van der Waals surface area (Å²) in [7, 11) is 3.33. The van der Waals surface area contributed by atoms with Crippen LogP contribution in [0, 0.1) is 0 Å². The number of H-pyrrole nitrogens is 1. The molecule has 3 rings (SSSR count). The summed E-state index contributed by atoms with van der Waals surface area (Å²) < 4.78 is 10.7. The van der Waals surface area contributed by atoms with E-state index in [4.69, 9.17) is 9.47 Å². The minimum absolute atomic E-state index is 0.538. The fraction of sp³-hybridized carbons (Fsp3) is 0.438. The van der Waals surface area contributed by atoms with Gasteiger partial charge in [-0.25, -0.2) is 4.98 Å². The van der Waals surface area contributed by atoms with Gasteiger partial charge in [0.25, 0.3) is 0 Å². The largest absolute Gasteiger partial charge is 0.497 e. The number of imidazole rings is 1. The number of benzene rings is 1. The molecule has 2 N–H and O–H groups in total. The van der Waals surface area contributed by atoms with E-state index in [9.17, 15) is 0 Å². The summed E-state index contributed by atoms with van der Waals surface area (Å²) in [4.78, 5) is 7.89. The smallest absolute Gasteiger partial charge is 0.128 e. The van der Waals surface area contributed by atoms with E-state index in [1.807, 2.05) is 24.4 Å². The molecular formula is C16H21N3O2. The monoisotopic (exact) mass is 287 g/mol. The zero-order valence-electron chi connectivity index (χ0n) is 12.5. The Kier molecular flexibility index (Phi) is 4.10. The van der Waals surface area contributed by atoms with Gasteiger partial charge in [0, 0.05) is 18.0 Å². The van der Waals surface area contributed by atoms with Gasteiger partial charge >= 0.3 is 0 Å². The van der Waals surface area contributed by atoms with Gasteiger partial charge in [-0.15, -0.1) is 0 Å². The van der Waals surface area contributed by atoms with Crippen LogP contribution in [0.4, 0.5) is 0 Å². The van der Waals surface area contributed by atoms with Gasteiger partial charge in [0.2, 0.25) is 0 Å². The molecule has 0 bridgehead atoms. The average molecular weight is 287 g/mol. The zero-order chi connectivity index (χ0) is 14.7. The van der Waals surface area contributed by atoms with Crippen LogP contribution in [0.15, 0.2) is 24.4 Å². The molecule has 0 amide bonds. The Morgan fingerprint density at radius 1 is 1.29 bits per heavy atom. The van der Waals surface area contributed by atoms with Crippen LogP contribution in [-0.4, -0.2) is 36.8 Å². The summed E-state index contributed by atoms with van der Waals surface area (Å²) in [5.74, 6) is 2.62. The highest BCUT2D eigenvalue weighted by atomic mass is 16.5. The van der Waals surface area contributed by atoms with Crippen LogP contribution in [0.2, 0.25) is 0 Å². The van der Waals surface area contributed by atoms with Crippen molar-refractivity contribution in [1.29, 1.82) is 0 Å². The van der Waals surface area contributed by atoms with Crippen LogP contribution >= 0.6 is 0 Å². The zero-order valence-corrected chi connectivity index (χ0v) is 12.5. The van der Waals surface area contributed by atoms with Gasteiger partial charge in [-0.05, 0) is 37.6 Å². The van der Waals surface area contributed by atoms with Crippen molar-refractivity contribution < 1.29 is 9.47 Å². The summed E-state index contributed by atoms with van der Waals surface area (Å²) in [6.45, 7) is 1.11. The summed E-state index contributed by atoms with van der Waals surface area (Å²) in [6.07, 6.45) is 5.27. The molecule has 1 aliphatic heterocycles. The van der Waals surface area contributed by atoms with Gasteiger partial charge in [-0.1, -0.05) is 0 Å². The predicted octanol–water partition coefficient (Wildman–Crippen LogP) is 2.39. The number of nitrogens with zero attached hydrogens (tertiary/aromatic N) is 1. The van der Waals surface area contributed by atoms with Crippen LogP contribution in [0.3, 0.4) is 0 Å². The van der Waals surface area contributed by atoms with Gasteiger partial charge < -0.3 is 19.8 Å². The first-order valence-corrected chi connectivity index (χ1v) is 7.30. The third-order valence-corrected chi connectivity index (χ3v) is 3.93. The molecule has 2 aromatic rings. The van der Waals surface area contributed by atoms with E-state index >= 15 is 0 Å². The minimum Gasteiger partial charge on any atom is -0.497 e. The standard InChI is InChI=1S/C16H21N3O2/c1-20-12-5-6-15(21-2)13(9-12)14-10-18-16(19-14)8-11-4-3-7-17-11/h5-6,9-11,17H,3-4,7-8H2,1-2H3,(H,18,19). The normalized spacial score (nSPS) is 17.9. The van der Waals surface area contributed by atoms with E-state index in [0.29, 0.717) is 6.04 Å². The fourth-order valence-corrected chi connectivity index (χ4v) is 2.79. The molecule has 1 unspecified atom stereocenters. The SMILES string of the molecule is COc1ccc(OC)c(-c2cnc(CC3CCCN3)[nH]2)c1. The van der Waals surface area contributed by atoms with Crippen molar-refractivity contribution >= 4 is 0 Å². The first-order valence-electron chi connectivity index (χ1n) is 7.30. The molecular weight excluding hydrogens is 266 g/mol. The fourth-order valence-electron chi connectivity index (χ4n) is 2.79. The van der Waals surface area contributed by atoms with Crippen molar-refractivity contribution in [3.63, 3.8) is 0 Å². The summed E-state index contributed by atoms with van der Waals surface area (Å²) >= 11 is 0. The lowest BCUT2D eigenvalue weighted by molar-refractivity contribution is 0.404. The Bertz CT molecular complexity index is 603. The van der Waals surface area contributed by atoms with Crippen LogP contribution in [0.1, 0.15) is 18.7 Å². The first kappa shape index (κ1) is 13.9. The van der Waals surface area contributed by atoms with Gasteiger partial charge in [-0.2, -0.15) is 0 Å². The number of rotatable bonds is 5. The molecule has 1 fully saturated rings. The van der Waals surface area contributed by atoms with Crippen LogP contribution < -0.4 is 14.8 Å². The Balaban J connectivity index is 1.84. The van der Waals surface area contributed by atoms with Crippen LogP contribution in [-0.2, 0) is 6.42 Å². The van der Waals surface area contributed by atoms with Crippen molar-refractivity contribution in [3.05, 3.63) is 30.2 Å². The quantitative estimate of drug-likeness (QED) is 0.886. The molecule has 1 aliphatic rings. The van der Waals surface area contributed by atoms with Crippen molar-refractivity contribution in [2.45, 2.75) is 25.3 Å². The molecule has 1 aromatic carbocycles. The van der Waals surface area contributed by atoms with Crippen LogP contribution in [0.25, 0.3) is 11.3 Å². The van der Waals surface area contributed by atoms with Crippen LogP contribution in [0.5, 0.6) is 11.5 Å². The van der Waals surface area contributed by atoms with E-state index in [2.05, 4.69) is 15.3 Å². The Labute approximate surface area is 124 Å². The topological polar surface area (TPSA) is 59.2 Å². The third-order valence-electron chi connectivity index (χ3n) is 3.93. The number of nitrogens with one attached hydrogen (secondary N) is 2. The first-order chi connectivity index (χ1) is 10.3. The number of methoxy groups -OCH3 is 2. The Hall–Kier alpha value is -2.01. The summed E-state index contributed by atoms with van der Waals surface area (Å²) in [6, 6.07) is 6.30. The van der Waals surface area contributed by atoms with Crippen molar-refractivity contribution in [2.75, 3.05) is 20.8 Å². The lowest BCUT2D eigenvalue weighted by Gasteiger charge is -2.09. The average Bonchev–Trinajstić information content (AvgIpc) is 3.19. The third kappa shape index (κ3) is 3.03. The minimum atomic E-state index is 0.538. The Morgan fingerprint density at radius 3 is 2.90 bits per heavy atom. The van der Waals surface area contributed by atoms with Gasteiger partial charge in [0.15, 0.2) is 0 Å². The Morgan fingerprint density at radius 2 is 2.19 bits per heavy atom. The van der Waals surface area contributed by atoms with Gasteiger partial charge in [-0.3, -0.25) is 0 Å². The molecule has 1 aromatic heterocycles. The number of aromatic nitrogens is 2. The number of hydrogen-bond donors (Lipinski definition) is 2. The van der Waals surface area contributed by atoms with E-state index in [1.165, 1.54) is 12.8 Å². The molecule has 0 saturated carbocycles. The molecule has 5 heteroatoms. The molecule has 1 saturated heterocycles. The van der Waals surface area contributed by atoms with E-state index in [0.717, 1.165) is 41.5 Å². The van der Waals surface area contributed by atoms with E-state index in [1.54, 1.807) is 14.2 Å².